The molecular formula is C9H20NO4P. The lowest BCUT2D eigenvalue weighted by atomic mass is 9.98. The van der Waals surface area contributed by atoms with E-state index >= 15 is 0 Å². The maximum absolute atomic E-state index is 10.5. The second-order valence-corrected chi connectivity index (χ2v) is 5.62. The monoisotopic (exact) mass is 237 g/mol. The summed E-state index contributed by atoms with van der Waals surface area (Å²) in [6.45, 7) is 6.37. The van der Waals surface area contributed by atoms with Crippen molar-refractivity contribution in [2.75, 3.05) is 19.7 Å². The zero-order valence-electron chi connectivity index (χ0n) is 9.30. The van der Waals surface area contributed by atoms with E-state index in [2.05, 4.69) is 23.3 Å². The summed E-state index contributed by atoms with van der Waals surface area (Å²) in [5.41, 5.74) is 0. The van der Waals surface area contributed by atoms with Crippen LogP contribution < -0.4 is 0 Å². The lowest BCUT2D eigenvalue weighted by Crippen LogP contribution is -2.41. The highest BCUT2D eigenvalue weighted by molar-refractivity contribution is 7.46. The molecule has 0 aromatic rings. The summed E-state index contributed by atoms with van der Waals surface area (Å²) < 4.78 is 15.1. The molecule has 1 rings (SSSR count). The van der Waals surface area contributed by atoms with Crippen LogP contribution in [0, 0.1) is 5.92 Å². The fraction of sp³-hybridized carbons (Fsp3) is 1.00. The molecule has 1 fully saturated rings. The highest BCUT2D eigenvalue weighted by atomic mass is 31.2. The highest BCUT2D eigenvalue weighted by Gasteiger charge is 2.24. The van der Waals surface area contributed by atoms with E-state index in [0.29, 0.717) is 6.04 Å². The van der Waals surface area contributed by atoms with Gasteiger partial charge in [0.15, 0.2) is 0 Å². The number of phosphoric acid groups is 1. The van der Waals surface area contributed by atoms with E-state index in [0.717, 1.165) is 25.9 Å². The van der Waals surface area contributed by atoms with E-state index in [1.807, 2.05) is 0 Å². The van der Waals surface area contributed by atoms with Gasteiger partial charge in [-0.15, -0.1) is 0 Å². The third-order valence-corrected chi connectivity index (χ3v) is 3.24. The molecule has 0 aliphatic carbocycles. The summed E-state index contributed by atoms with van der Waals surface area (Å²) >= 11 is 0. The van der Waals surface area contributed by atoms with Crippen LogP contribution in [0.2, 0.25) is 0 Å². The van der Waals surface area contributed by atoms with Crippen molar-refractivity contribution in [1.29, 1.82) is 0 Å². The number of piperidine rings is 1. The van der Waals surface area contributed by atoms with Gasteiger partial charge in [0.1, 0.15) is 0 Å². The van der Waals surface area contributed by atoms with Crippen LogP contribution in [0.4, 0.5) is 0 Å². The van der Waals surface area contributed by atoms with Crippen molar-refractivity contribution in [3.8, 4) is 0 Å². The van der Waals surface area contributed by atoms with Crippen molar-refractivity contribution in [2.24, 2.45) is 5.92 Å². The molecular weight excluding hydrogens is 217 g/mol. The van der Waals surface area contributed by atoms with Gasteiger partial charge in [-0.3, -0.25) is 4.52 Å². The van der Waals surface area contributed by atoms with E-state index in [9.17, 15) is 4.57 Å². The third-order valence-electron chi connectivity index (χ3n) is 2.76. The van der Waals surface area contributed by atoms with Crippen LogP contribution in [0.3, 0.4) is 0 Å². The molecule has 90 valence electrons. The van der Waals surface area contributed by atoms with Gasteiger partial charge in [-0.05, 0) is 39.2 Å². The Kier molecular flexibility index (Phi) is 4.74. The number of likely N-dealkylation sites (tertiary alicyclic amines) is 1. The summed E-state index contributed by atoms with van der Waals surface area (Å²) in [7, 11) is -4.29. The lowest BCUT2D eigenvalue weighted by molar-refractivity contribution is 0.0919. The molecule has 2 N–H and O–H groups in total. The highest BCUT2D eigenvalue weighted by Crippen LogP contribution is 2.37. The van der Waals surface area contributed by atoms with Crippen molar-refractivity contribution >= 4 is 7.82 Å². The van der Waals surface area contributed by atoms with Crippen LogP contribution >= 0.6 is 7.82 Å². The molecule has 1 aliphatic heterocycles. The standard InChI is InChI=1S/C9H20NO4P/c1-8(2)10-5-3-4-9(6-10)7-14-15(11,12)13/h8-9H,3-7H2,1-2H3,(H2,11,12,13). The van der Waals surface area contributed by atoms with Gasteiger partial charge in [0, 0.05) is 12.6 Å². The van der Waals surface area contributed by atoms with Crippen LogP contribution in [0.1, 0.15) is 26.7 Å². The molecule has 0 bridgehead atoms. The molecule has 15 heavy (non-hydrogen) atoms. The fourth-order valence-corrected chi connectivity index (χ4v) is 2.31. The quantitative estimate of drug-likeness (QED) is 0.719. The average molecular weight is 237 g/mol. The Morgan fingerprint density at radius 2 is 2.20 bits per heavy atom. The van der Waals surface area contributed by atoms with Gasteiger partial charge in [0.25, 0.3) is 0 Å². The topological polar surface area (TPSA) is 70.0 Å². The average Bonchev–Trinajstić information content (AvgIpc) is 2.14. The number of hydrogen-bond acceptors (Lipinski definition) is 3. The Balaban J connectivity index is 2.34. The van der Waals surface area contributed by atoms with Crippen LogP contribution in [0.15, 0.2) is 0 Å². The Hall–Kier alpha value is 0.0700. The molecule has 0 radical (unpaired) electrons. The molecule has 0 saturated carbocycles. The van der Waals surface area contributed by atoms with Crippen molar-refractivity contribution < 1.29 is 18.9 Å². The van der Waals surface area contributed by atoms with Gasteiger partial charge < -0.3 is 14.7 Å². The second kappa shape index (κ2) is 5.41. The van der Waals surface area contributed by atoms with Crippen LogP contribution in [-0.2, 0) is 9.09 Å². The Bertz CT molecular complexity index is 240. The van der Waals surface area contributed by atoms with Crippen molar-refractivity contribution in [2.45, 2.75) is 32.7 Å². The second-order valence-electron chi connectivity index (χ2n) is 4.38. The molecule has 0 spiro atoms. The molecule has 5 nitrogen and oxygen atoms in total. The van der Waals surface area contributed by atoms with Crippen molar-refractivity contribution in [3.05, 3.63) is 0 Å². The van der Waals surface area contributed by atoms with Gasteiger partial charge in [0.2, 0.25) is 0 Å². The predicted octanol–water partition coefficient (Wildman–Crippen LogP) is 1.22. The van der Waals surface area contributed by atoms with Gasteiger partial charge in [-0.2, -0.15) is 0 Å². The molecule has 1 unspecified atom stereocenters. The molecule has 0 amide bonds. The number of rotatable bonds is 4. The van der Waals surface area contributed by atoms with E-state index in [4.69, 9.17) is 9.79 Å². The molecule has 1 atom stereocenters. The largest absolute Gasteiger partial charge is 0.469 e. The minimum Gasteiger partial charge on any atom is -0.303 e. The molecule has 1 aliphatic rings. The first-order valence-corrected chi connectivity index (χ1v) is 6.85. The molecule has 0 aromatic carbocycles. The van der Waals surface area contributed by atoms with E-state index in [-0.39, 0.29) is 12.5 Å². The lowest BCUT2D eigenvalue weighted by Gasteiger charge is -2.35. The zero-order valence-corrected chi connectivity index (χ0v) is 10.2. The van der Waals surface area contributed by atoms with Gasteiger partial charge in [-0.25, -0.2) is 4.57 Å². The Labute approximate surface area is 90.7 Å². The van der Waals surface area contributed by atoms with E-state index in [1.54, 1.807) is 0 Å². The normalized spacial score (nSPS) is 24.7. The van der Waals surface area contributed by atoms with Crippen LogP contribution in [-0.4, -0.2) is 40.4 Å². The summed E-state index contributed by atoms with van der Waals surface area (Å²) in [5, 5.41) is 0. The summed E-state index contributed by atoms with van der Waals surface area (Å²) in [6, 6.07) is 0.489. The smallest absolute Gasteiger partial charge is 0.303 e. The maximum Gasteiger partial charge on any atom is 0.469 e. The SMILES string of the molecule is CC(C)N1CCCC(COP(=O)(O)O)C1. The summed E-state index contributed by atoms with van der Waals surface area (Å²) in [5.74, 6) is 0.244. The molecule has 6 heteroatoms. The van der Waals surface area contributed by atoms with Crippen molar-refractivity contribution in [1.82, 2.24) is 4.90 Å². The molecule has 1 heterocycles. The first kappa shape index (κ1) is 13.1. The molecule has 1 saturated heterocycles. The van der Waals surface area contributed by atoms with Crippen molar-refractivity contribution in [3.63, 3.8) is 0 Å². The first-order valence-electron chi connectivity index (χ1n) is 5.32. The van der Waals surface area contributed by atoms with Gasteiger partial charge in [-0.1, -0.05) is 0 Å². The minimum atomic E-state index is -4.29. The van der Waals surface area contributed by atoms with Gasteiger partial charge >= 0.3 is 7.82 Å². The van der Waals surface area contributed by atoms with Crippen LogP contribution in [0.25, 0.3) is 0 Å². The Morgan fingerprint density at radius 3 is 2.73 bits per heavy atom. The number of nitrogens with zero attached hydrogens (tertiary/aromatic N) is 1. The summed E-state index contributed by atoms with van der Waals surface area (Å²) in [6.07, 6.45) is 2.07. The maximum atomic E-state index is 10.5. The minimum absolute atomic E-state index is 0.160. The number of hydrogen-bond donors (Lipinski definition) is 2. The third kappa shape index (κ3) is 5.09. The zero-order chi connectivity index (χ0) is 11.5. The molecule has 0 aromatic heterocycles. The number of phosphoric ester groups is 1. The summed E-state index contributed by atoms with van der Waals surface area (Å²) in [4.78, 5) is 19.5. The Morgan fingerprint density at radius 1 is 1.53 bits per heavy atom. The first-order chi connectivity index (χ1) is 6.88. The fourth-order valence-electron chi connectivity index (χ4n) is 1.90. The predicted molar refractivity (Wildman–Crippen MR) is 57.4 cm³/mol. The van der Waals surface area contributed by atoms with Gasteiger partial charge in [0.05, 0.1) is 6.61 Å². The van der Waals surface area contributed by atoms with E-state index in [1.165, 1.54) is 0 Å². The van der Waals surface area contributed by atoms with Crippen LogP contribution in [0.5, 0.6) is 0 Å². The van der Waals surface area contributed by atoms with E-state index < -0.39 is 7.82 Å².